The van der Waals surface area contributed by atoms with Crippen LogP contribution in [0.15, 0.2) is 14.1 Å². The zero-order valence-electron chi connectivity index (χ0n) is 11.0. The highest BCUT2D eigenvalue weighted by atomic mass is 79.9. The molecule has 0 radical (unpaired) electrons. The second-order valence-corrected chi connectivity index (χ2v) is 9.81. The fourth-order valence-electron chi connectivity index (χ4n) is 2.17. The van der Waals surface area contributed by atoms with E-state index in [1.807, 2.05) is 6.92 Å². The summed E-state index contributed by atoms with van der Waals surface area (Å²) in [4.78, 5) is 0. The number of hydrogen-bond acceptors (Lipinski definition) is 4. The number of sulfonamides is 1. The number of aryl methyl sites for hydroxylation is 1. The first-order chi connectivity index (χ1) is 8.72. The van der Waals surface area contributed by atoms with Crippen LogP contribution in [-0.4, -0.2) is 36.5 Å². The van der Waals surface area contributed by atoms with Crippen molar-refractivity contribution in [3.63, 3.8) is 0 Å². The first-order valence-electron chi connectivity index (χ1n) is 6.21. The molecule has 4 nitrogen and oxygen atoms in total. The molecule has 0 bridgehead atoms. The van der Waals surface area contributed by atoms with Crippen molar-refractivity contribution in [1.82, 2.24) is 4.31 Å². The number of thiophene rings is 1. The van der Waals surface area contributed by atoms with Crippen molar-refractivity contribution >= 4 is 37.3 Å². The molecule has 1 saturated heterocycles. The lowest BCUT2D eigenvalue weighted by atomic mass is 9.98. The fourth-order valence-corrected chi connectivity index (χ4v) is 6.03. The molecule has 2 rings (SSSR count). The van der Waals surface area contributed by atoms with Gasteiger partial charge in [0.1, 0.15) is 4.21 Å². The van der Waals surface area contributed by atoms with E-state index in [9.17, 15) is 13.5 Å². The SMILES string of the molecule is Cc1cc(S(=O)(=O)N2CCCC(C)(O)CC2)sc1Br. The highest BCUT2D eigenvalue weighted by Gasteiger charge is 2.32. The van der Waals surface area contributed by atoms with Crippen LogP contribution >= 0.6 is 27.3 Å². The summed E-state index contributed by atoms with van der Waals surface area (Å²) in [6.45, 7) is 4.51. The third kappa shape index (κ3) is 3.39. The van der Waals surface area contributed by atoms with E-state index in [4.69, 9.17) is 0 Å². The van der Waals surface area contributed by atoms with Crippen LogP contribution in [0.4, 0.5) is 0 Å². The molecule has 1 aromatic heterocycles. The predicted octanol–water partition coefficient (Wildman–Crippen LogP) is 2.74. The lowest BCUT2D eigenvalue weighted by molar-refractivity contribution is 0.0465. The largest absolute Gasteiger partial charge is 0.390 e. The third-order valence-electron chi connectivity index (χ3n) is 3.45. The average molecular weight is 368 g/mol. The standard InChI is InChI=1S/C12H18BrNO3S2/c1-9-8-10(18-11(9)13)19(16,17)14-6-3-4-12(2,15)5-7-14/h8,15H,3-7H2,1-2H3. The van der Waals surface area contributed by atoms with Crippen molar-refractivity contribution < 1.29 is 13.5 Å². The summed E-state index contributed by atoms with van der Waals surface area (Å²) >= 11 is 4.61. The van der Waals surface area contributed by atoms with Crippen molar-refractivity contribution in [3.05, 3.63) is 15.4 Å². The van der Waals surface area contributed by atoms with Crippen molar-refractivity contribution in [1.29, 1.82) is 0 Å². The predicted molar refractivity (Wildman–Crippen MR) is 80.0 cm³/mol. The van der Waals surface area contributed by atoms with Gasteiger partial charge in [-0.3, -0.25) is 0 Å². The normalized spacial score (nSPS) is 26.3. The van der Waals surface area contributed by atoms with Crippen LogP contribution in [0.25, 0.3) is 0 Å². The van der Waals surface area contributed by atoms with Crippen molar-refractivity contribution in [3.8, 4) is 0 Å². The van der Waals surface area contributed by atoms with Crippen LogP contribution in [-0.2, 0) is 10.0 Å². The van der Waals surface area contributed by atoms with Crippen LogP contribution in [0.2, 0.25) is 0 Å². The summed E-state index contributed by atoms with van der Waals surface area (Å²) in [7, 11) is -3.43. The summed E-state index contributed by atoms with van der Waals surface area (Å²) < 4.78 is 27.8. The van der Waals surface area contributed by atoms with Crippen LogP contribution in [0.3, 0.4) is 0 Å². The van der Waals surface area contributed by atoms with Crippen molar-refractivity contribution in [2.45, 2.75) is 42.9 Å². The highest BCUT2D eigenvalue weighted by molar-refractivity contribution is 9.11. The third-order valence-corrected chi connectivity index (χ3v) is 7.94. The Morgan fingerprint density at radius 2 is 2.11 bits per heavy atom. The summed E-state index contributed by atoms with van der Waals surface area (Å²) in [6.07, 6.45) is 1.82. The van der Waals surface area contributed by atoms with E-state index in [1.54, 1.807) is 13.0 Å². The first-order valence-corrected chi connectivity index (χ1v) is 9.26. The van der Waals surface area contributed by atoms with Gasteiger partial charge in [-0.25, -0.2) is 8.42 Å². The van der Waals surface area contributed by atoms with Crippen molar-refractivity contribution in [2.75, 3.05) is 13.1 Å². The van der Waals surface area contributed by atoms with Gasteiger partial charge in [0.15, 0.2) is 0 Å². The summed E-state index contributed by atoms with van der Waals surface area (Å²) in [5.41, 5.74) is 0.182. The summed E-state index contributed by atoms with van der Waals surface area (Å²) in [6, 6.07) is 1.70. The molecular formula is C12H18BrNO3S2. The smallest absolute Gasteiger partial charge is 0.252 e. The maximum absolute atomic E-state index is 12.6. The van der Waals surface area contributed by atoms with Gasteiger partial charge in [-0.2, -0.15) is 4.31 Å². The molecule has 0 aliphatic carbocycles. The maximum Gasteiger partial charge on any atom is 0.252 e. The number of rotatable bonds is 2. The Morgan fingerprint density at radius 1 is 1.42 bits per heavy atom. The number of aliphatic hydroxyl groups is 1. The van der Waals surface area contributed by atoms with Crippen LogP contribution in [0, 0.1) is 6.92 Å². The van der Waals surface area contributed by atoms with Gasteiger partial charge in [-0.1, -0.05) is 0 Å². The van der Waals surface area contributed by atoms with E-state index in [0.717, 1.165) is 9.35 Å². The van der Waals surface area contributed by atoms with E-state index in [1.165, 1.54) is 15.6 Å². The van der Waals surface area contributed by atoms with E-state index in [-0.39, 0.29) is 0 Å². The zero-order chi connectivity index (χ0) is 14.3. The van der Waals surface area contributed by atoms with Gasteiger partial charge >= 0.3 is 0 Å². The first kappa shape index (κ1) is 15.4. The molecule has 7 heteroatoms. The molecular weight excluding hydrogens is 350 g/mol. The van der Waals surface area contributed by atoms with Gasteiger partial charge in [-0.05, 0) is 60.7 Å². The van der Waals surface area contributed by atoms with E-state index in [0.29, 0.717) is 36.6 Å². The maximum atomic E-state index is 12.6. The van der Waals surface area contributed by atoms with E-state index in [2.05, 4.69) is 15.9 Å². The number of nitrogens with zero attached hydrogens (tertiary/aromatic N) is 1. The van der Waals surface area contributed by atoms with Gasteiger partial charge in [0.25, 0.3) is 10.0 Å². The molecule has 108 valence electrons. The lowest BCUT2D eigenvalue weighted by Crippen LogP contribution is -2.33. The molecule has 1 aliphatic heterocycles. The fraction of sp³-hybridized carbons (Fsp3) is 0.667. The second kappa shape index (κ2) is 5.44. The lowest BCUT2D eigenvalue weighted by Gasteiger charge is -2.21. The Morgan fingerprint density at radius 3 is 2.68 bits per heavy atom. The minimum atomic E-state index is -3.43. The monoisotopic (exact) mass is 367 g/mol. The zero-order valence-corrected chi connectivity index (χ0v) is 14.2. The Bertz CT molecular complexity index is 546. The Kier molecular flexibility index (Phi) is 4.42. The molecule has 0 saturated carbocycles. The van der Waals surface area contributed by atoms with Crippen LogP contribution in [0.1, 0.15) is 31.7 Å². The molecule has 1 fully saturated rings. The minimum absolute atomic E-state index is 0.374. The minimum Gasteiger partial charge on any atom is -0.390 e. The van der Waals surface area contributed by atoms with Crippen molar-refractivity contribution in [2.24, 2.45) is 0 Å². The topological polar surface area (TPSA) is 57.6 Å². The summed E-state index contributed by atoms with van der Waals surface area (Å²) in [5.74, 6) is 0. The molecule has 0 aromatic carbocycles. The molecule has 2 heterocycles. The Balaban J connectivity index is 2.25. The summed E-state index contributed by atoms with van der Waals surface area (Å²) in [5, 5.41) is 10.0. The van der Waals surface area contributed by atoms with Gasteiger partial charge in [0.05, 0.1) is 9.39 Å². The average Bonchev–Trinajstić information content (AvgIpc) is 2.54. The van der Waals surface area contributed by atoms with Gasteiger partial charge in [0.2, 0.25) is 0 Å². The molecule has 0 spiro atoms. The molecule has 1 aliphatic rings. The number of halogens is 1. The highest BCUT2D eigenvalue weighted by Crippen LogP contribution is 2.33. The van der Waals surface area contributed by atoms with Crippen LogP contribution < -0.4 is 0 Å². The molecule has 1 aromatic rings. The molecule has 1 unspecified atom stereocenters. The molecule has 0 amide bonds. The van der Waals surface area contributed by atoms with Gasteiger partial charge in [-0.15, -0.1) is 11.3 Å². The van der Waals surface area contributed by atoms with E-state index >= 15 is 0 Å². The number of hydrogen-bond donors (Lipinski definition) is 1. The van der Waals surface area contributed by atoms with Gasteiger partial charge < -0.3 is 5.11 Å². The second-order valence-electron chi connectivity index (χ2n) is 5.28. The molecule has 19 heavy (non-hydrogen) atoms. The quantitative estimate of drug-likeness (QED) is 0.873. The van der Waals surface area contributed by atoms with E-state index < -0.39 is 15.6 Å². The van der Waals surface area contributed by atoms with Gasteiger partial charge in [0, 0.05) is 13.1 Å². The molecule has 1 atom stereocenters. The molecule has 1 N–H and O–H groups in total. The Hall–Kier alpha value is 0.0500. The van der Waals surface area contributed by atoms with Crippen LogP contribution in [0.5, 0.6) is 0 Å². The Labute approximate surface area is 126 Å².